The van der Waals surface area contributed by atoms with Gasteiger partial charge in [0.2, 0.25) is 11.3 Å². The minimum absolute atomic E-state index is 0.00279. The van der Waals surface area contributed by atoms with Crippen LogP contribution in [0, 0.1) is 5.41 Å². The van der Waals surface area contributed by atoms with Crippen molar-refractivity contribution in [2.75, 3.05) is 12.4 Å². The number of hydrogen-bond donors (Lipinski definition) is 3. The van der Waals surface area contributed by atoms with E-state index in [0.717, 1.165) is 11.9 Å². The summed E-state index contributed by atoms with van der Waals surface area (Å²) in [5.74, 6) is 0.463. The Morgan fingerprint density at radius 3 is 2.66 bits per heavy atom. The molecule has 0 radical (unpaired) electrons. The third-order valence-electron chi connectivity index (χ3n) is 4.64. The lowest BCUT2D eigenvalue weighted by molar-refractivity contribution is 0.409. The zero-order valence-corrected chi connectivity index (χ0v) is 17.1. The van der Waals surface area contributed by atoms with Crippen LogP contribution < -0.4 is 15.5 Å². The van der Waals surface area contributed by atoms with Crippen molar-refractivity contribution >= 4 is 17.6 Å². The van der Waals surface area contributed by atoms with Crippen molar-refractivity contribution in [2.24, 2.45) is 0 Å². The Morgan fingerprint density at radius 1 is 1.16 bits per heavy atom. The van der Waals surface area contributed by atoms with E-state index >= 15 is 0 Å². The summed E-state index contributed by atoms with van der Waals surface area (Å²) in [6, 6.07) is 17.4. The summed E-state index contributed by atoms with van der Waals surface area (Å²) in [5.41, 5.74) is 2.19. The highest BCUT2D eigenvalue weighted by Gasteiger charge is 2.14. The van der Waals surface area contributed by atoms with Gasteiger partial charge in [-0.15, -0.1) is 0 Å². The highest BCUT2D eigenvalue weighted by atomic mass is 16.5. The number of benzene rings is 2. The van der Waals surface area contributed by atoms with Gasteiger partial charge >= 0.3 is 0 Å². The normalized spacial score (nSPS) is 11.2. The average molecular weight is 428 g/mol. The lowest BCUT2D eigenvalue weighted by atomic mass is 10.2. The van der Waals surface area contributed by atoms with Crippen molar-refractivity contribution in [3.8, 4) is 23.0 Å². The molecule has 0 bridgehead atoms. The minimum atomic E-state index is -0.296. The molecule has 0 aliphatic carbocycles. The number of anilines is 1. The molecule has 3 N–H and O–H groups in total. The molecule has 0 amide bonds. The number of nitrogens with one attached hydrogen (secondary N) is 2. The number of allylic oxidation sites excluding steroid dienone is 1. The first-order valence-electron chi connectivity index (χ1n) is 9.65. The van der Waals surface area contributed by atoms with Crippen molar-refractivity contribution < 1.29 is 9.84 Å². The van der Waals surface area contributed by atoms with E-state index in [4.69, 9.17) is 10.1 Å². The molecule has 4 rings (SSSR count). The highest BCUT2D eigenvalue weighted by Crippen LogP contribution is 2.27. The van der Waals surface area contributed by atoms with Gasteiger partial charge in [0.1, 0.15) is 11.4 Å². The molecule has 4 aromatic rings. The number of nitrogens with zero attached hydrogens (tertiary/aromatic N) is 4. The van der Waals surface area contributed by atoms with E-state index < -0.39 is 0 Å². The minimum Gasteiger partial charge on any atom is -0.494 e. The summed E-state index contributed by atoms with van der Waals surface area (Å²) in [7, 11) is 1.52. The molecule has 0 aliphatic rings. The molecule has 9 nitrogen and oxygen atoms in total. The molecule has 160 valence electrons. The molecule has 2 aromatic heterocycles. The second-order valence-electron chi connectivity index (χ2n) is 6.67. The van der Waals surface area contributed by atoms with Gasteiger partial charge in [0.05, 0.1) is 24.7 Å². The van der Waals surface area contributed by atoms with Crippen LogP contribution in [-0.2, 0) is 0 Å². The van der Waals surface area contributed by atoms with Crippen LogP contribution in [-0.4, -0.2) is 38.0 Å². The second-order valence-corrected chi connectivity index (χ2v) is 6.67. The zero-order valence-electron chi connectivity index (χ0n) is 17.1. The number of ether oxygens (including phenoxy) is 1. The Bertz CT molecular complexity index is 1340. The van der Waals surface area contributed by atoms with Gasteiger partial charge in [0.15, 0.2) is 5.69 Å². The summed E-state index contributed by atoms with van der Waals surface area (Å²) in [4.78, 5) is 12.6. The van der Waals surface area contributed by atoms with E-state index in [2.05, 4.69) is 15.5 Å². The summed E-state index contributed by atoms with van der Waals surface area (Å²) in [5, 5.41) is 29.1. The molecule has 0 unspecified atom stereocenters. The molecule has 0 aliphatic heterocycles. The van der Waals surface area contributed by atoms with Gasteiger partial charge in [0.25, 0.3) is 0 Å². The van der Waals surface area contributed by atoms with Crippen LogP contribution in [0.15, 0.2) is 83.9 Å². The number of aromatic nitrogens is 4. The fraction of sp³-hybridized carbons (Fsp3) is 0.0435. The summed E-state index contributed by atoms with van der Waals surface area (Å²) < 4.78 is 8.41. The van der Waals surface area contributed by atoms with E-state index in [1.54, 1.807) is 24.4 Å². The fourth-order valence-corrected chi connectivity index (χ4v) is 3.15. The van der Waals surface area contributed by atoms with Crippen LogP contribution in [0.1, 0.15) is 5.69 Å². The molecule has 0 saturated heterocycles. The maximum absolute atomic E-state index is 12.6. The largest absolute Gasteiger partial charge is 0.494 e. The van der Waals surface area contributed by atoms with Crippen LogP contribution in [0.5, 0.6) is 11.6 Å². The van der Waals surface area contributed by atoms with Crippen molar-refractivity contribution in [1.29, 1.82) is 5.41 Å². The standard InChI is InChI=1S/C23H20N6O3/c1-32-21-15-17(29-22(31)10-13-25-29)7-8-19(21)28-14-11-20(30)23(27-28)18(9-12-24)26-16-5-3-2-4-6-16/h2-15,24,26,31H,1H3/b18-9-,24-12?. The molecule has 9 heteroatoms. The lowest BCUT2D eigenvalue weighted by Gasteiger charge is -2.15. The van der Waals surface area contributed by atoms with E-state index in [-0.39, 0.29) is 17.0 Å². The number of rotatable bonds is 7. The number of aromatic hydroxyl groups is 1. The topological polar surface area (TPSA) is 118 Å². The summed E-state index contributed by atoms with van der Waals surface area (Å²) in [6.45, 7) is 0. The Kier molecular flexibility index (Phi) is 5.80. The van der Waals surface area contributed by atoms with Crippen LogP contribution in [0.4, 0.5) is 5.69 Å². The molecule has 0 spiro atoms. The lowest BCUT2D eigenvalue weighted by Crippen LogP contribution is -2.18. The van der Waals surface area contributed by atoms with Gasteiger partial charge < -0.3 is 20.6 Å². The molecule has 32 heavy (non-hydrogen) atoms. The Hall–Kier alpha value is -4.66. The average Bonchev–Trinajstić information content (AvgIpc) is 3.25. The molecule has 2 heterocycles. The van der Waals surface area contributed by atoms with Crippen LogP contribution in [0.3, 0.4) is 0 Å². The first-order chi connectivity index (χ1) is 15.6. The molecular formula is C23H20N6O3. The van der Waals surface area contributed by atoms with Gasteiger partial charge in [-0.25, -0.2) is 9.36 Å². The number of hydrogen-bond acceptors (Lipinski definition) is 7. The van der Waals surface area contributed by atoms with E-state index in [1.165, 1.54) is 40.9 Å². The van der Waals surface area contributed by atoms with Crippen molar-refractivity contribution in [3.63, 3.8) is 0 Å². The van der Waals surface area contributed by atoms with Gasteiger partial charge in [-0.05, 0) is 30.3 Å². The van der Waals surface area contributed by atoms with Gasteiger partial charge in [-0.2, -0.15) is 10.2 Å². The monoisotopic (exact) mass is 428 g/mol. The van der Waals surface area contributed by atoms with Crippen LogP contribution in [0.25, 0.3) is 17.1 Å². The van der Waals surface area contributed by atoms with Crippen LogP contribution in [0.2, 0.25) is 0 Å². The Balaban J connectivity index is 1.76. The van der Waals surface area contributed by atoms with E-state index in [1.807, 2.05) is 30.3 Å². The predicted molar refractivity (Wildman–Crippen MR) is 122 cm³/mol. The number of methoxy groups -OCH3 is 1. The third kappa shape index (κ3) is 4.12. The smallest absolute Gasteiger partial charge is 0.214 e. The summed E-state index contributed by atoms with van der Waals surface area (Å²) in [6.07, 6.45) is 5.60. The van der Waals surface area contributed by atoms with Gasteiger partial charge in [0, 0.05) is 36.3 Å². The molecule has 2 aromatic carbocycles. The highest BCUT2D eigenvalue weighted by molar-refractivity contribution is 5.86. The van der Waals surface area contributed by atoms with Crippen molar-refractivity contribution in [1.82, 2.24) is 19.6 Å². The third-order valence-corrected chi connectivity index (χ3v) is 4.64. The quantitative estimate of drug-likeness (QED) is 0.389. The number of para-hydroxylation sites is 1. The molecule has 0 atom stereocenters. The maximum atomic E-state index is 12.6. The maximum Gasteiger partial charge on any atom is 0.214 e. The first-order valence-corrected chi connectivity index (χ1v) is 9.65. The second kappa shape index (κ2) is 9.00. The van der Waals surface area contributed by atoms with Crippen molar-refractivity contribution in [2.45, 2.75) is 0 Å². The summed E-state index contributed by atoms with van der Waals surface area (Å²) >= 11 is 0. The Labute approximate surface area is 183 Å². The van der Waals surface area contributed by atoms with Gasteiger partial charge in [-0.1, -0.05) is 18.2 Å². The van der Waals surface area contributed by atoms with Crippen molar-refractivity contribution in [3.05, 3.63) is 95.1 Å². The Morgan fingerprint density at radius 2 is 1.97 bits per heavy atom. The first kappa shape index (κ1) is 20.6. The van der Waals surface area contributed by atoms with E-state index in [9.17, 15) is 9.90 Å². The molecule has 0 fully saturated rings. The van der Waals surface area contributed by atoms with Gasteiger partial charge in [-0.3, -0.25) is 4.79 Å². The fourth-order valence-electron chi connectivity index (χ4n) is 3.15. The van der Waals surface area contributed by atoms with Crippen LogP contribution >= 0.6 is 0 Å². The van der Waals surface area contributed by atoms with E-state index in [0.29, 0.717) is 22.8 Å². The predicted octanol–water partition coefficient (Wildman–Crippen LogP) is 3.23. The SMILES string of the molecule is COc1cc(-n2nccc2O)ccc1-n1ccc(=O)c(/C(=C/C=N)Nc2ccccc2)n1. The molecular weight excluding hydrogens is 408 g/mol. The zero-order chi connectivity index (χ0) is 22.5. The molecule has 0 saturated carbocycles.